The van der Waals surface area contributed by atoms with Gasteiger partial charge in [0, 0.05) is 33.5 Å². The molecule has 16 aromatic rings. The van der Waals surface area contributed by atoms with E-state index in [1.807, 2.05) is 0 Å². The standard InChI is InChI=1S/C84H56N2/c1-4-21-60(22-5-1)71-28-12-14-30-73(71)64-44-52-81-79(55-64)80-56-65(74-31-15-13-29-72(74)61-23-6-2-7-24-61)45-53-82(80)86(81)70-50-48-69(49-51-70)85(67-26-8-3-9-27-67)68-46-42-59(43-47-68)58-36-39-62(40-37-58)83-75-32-16-18-34-77(75)84(78-35-19-17-33-76(78)83)66-41-38-57-20-10-11-25-63(57)54-66/h1-56H. The molecule has 0 unspecified atom stereocenters. The molecule has 402 valence electrons. The molecule has 2 nitrogen and oxygen atoms in total. The Balaban J connectivity index is 0.755. The summed E-state index contributed by atoms with van der Waals surface area (Å²) >= 11 is 0. The van der Waals surface area contributed by atoms with Crippen molar-refractivity contribution in [2.45, 2.75) is 0 Å². The minimum absolute atomic E-state index is 1.07. The highest BCUT2D eigenvalue weighted by atomic mass is 15.1. The second kappa shape index (κ2) is 21.5. The highest BCUT2D eigenvalue weighted by molar-refractivity contribution is 6.22. The van der Waals surface area contributed by atoms with Crippen LogP contribution in [0.5, 0.6) is 0 Å². The molecule has 86 heavy (non-hydrogen) atoms. The highest BCUT2D eigenvalue weighted by Crippen LogP contribution is 2.46. The molecule has 2 heteroatoms. The van der Waals surface area contributed by atoms with E-state index in [2.05, 4.69) is 349 Å². The molecular formula is C84H56N2. The van der Waals surface area contributed by atoms with Crippen LogP contribution in [0, 0.1) is 0 Å². The Bertz CT molecular complexity index is 4980. The Morgan fingerprint density at radius 3 is 1.05 bits per heavy atom. The number of nitrogens with zero attached hydrogens (tertiary/aromatic N) is 2. The lowest BCUT2D eigenvalue weighted by Gasteiger charge is -2.26. The third kappa shape index (κ3) is 8.91. The van der Waals surface area contributed by atoms with E-state index in [0.717, 1.165) is 39.3 Å². The molecule has 0 aliphatic heterocycles. The van der Waals surface area contributed by atoms with Gasteiger partial charge in [0.05, 0.1) is 11.0 Å². The number of hydrogen-bond donors (Lipinski definition) is 0. The van der Waals surface area contributed by atoms with Crippen molar-refractivity contribution < 1.29 is 0 Å². The van der Waals surface area contributed by atoms with Crippen LogP contribution in [-0.2, 0) is 0 Å². The number of anilines is 3. The van der Waals surface area contributed by atoms with Gasteiger partial charge in [-0.3, -0.25) is 0 Å². The first-order chi connectivity index (χ1) is 42.7. The third-order valence-corrected chi connectivity index (χ3v) is 17.4. The fourth-order valence-corrected chi connectivity index (χ4v) is 13.3. The summed E-state index contributed by atoms with van der Waals surface area (Å²) in [7, 11) is 0. The van der Waals surface area contributed by atoms with E-state index in [-0.39, 0.29) is 0 Å². The van der Waals surface area contributed by atoms with Crippen molar-refractivity contribution in [2.24, 2.45) is 0 Å². The smallest absolute Gasteiger partial charge is 0.0541 e. The SMILES string of the molecule is c1ccc(-c2ccccc2-c2ccc3c(c2)c2cc(-c4ccccc4-c4ccccc4)ccc2n3-c2ccc(N(c3ccccc3)c3ccc(-c4ccc(-c5c6ccccc6c(-c6ccc7ccccc7c6)c6ccccc56)cc4)cc3)cc2)cc1. The van der Waals surface area contributed by atoms with Crippen LogP contribution in [0.1, 0.15) is 0 Å². The molecule has 1 heterocycles. The number of aromatic nitrogens is 1. The van der Waals surface area contributed by atoms with Crippen LogP contribution in [0.2, 0.25) is 0 Å². The second-order valence-corrected chi connectivity index (χ2v) is 22.3. The zero-order chi connectivity index (χ0) is 56.9. The first-order valence-corrected chi connectivity index (χ1v) is 29.6. The van der Waals surface area contributed by atoms with Gasteiger partial charge in [0.1, 0.15) is 0 Å². The van der Waals surface area contributed by atoms with Gasteiger partial charge in [0.15, 0.2) is 0 Å². The molecule has 15 aromatic carbocycles. The number of rotatable bonds is 11. The van der Waals surface area contributed by atoms with E-state index in [4.69, 9.17) is 0 Å². The second-order valence-electron chi connectivity index (χ2n) is 22.3. The Labute approximate surface area is 501 Å². The lowest BCUT2D eigenvalue weighted by molar-refractivity contribution is 1.17. The van der Waals surface area contributed by atoms with Crippen LogP contribution in [0.25, 0.3) is 138 Å². The van der Waals surface area contributed by atoms with Gasteiger partial charge in [-0.1, -0.05) is 261 Å². The molecule has 0 atom stereocenters. The molecule has 16 rings (SSSR count). The minimum atomic E-state index is 1.07. The van der Waals surface area contributed by atoms with E-state index in [9.17, 15) is 0 Å². The molecule has 0 aliphatic rings. The molecule has 1 aromatic heterocycles. The van der Waals surface area contributed by atoms with Crippen molar-refractivity contribution in [2.75, 3.05) is 4.90 Å². The molecule has 0 amide bonds. The Morgan fingerprint density at radius 1 is 0.198 bits per heavy atom. The van der Waals surface area contributed by atoms with Gasteiger partial charge in [-0.25, -0.2) is 0 Å². The summed E-state index contributed by atoms with van der Waals surface area (Å²) in [5.74, 6) is 0. The molecule has 0 saturated carbocycles. The van der Waals surface area contributed by atoms with Crippen LogP contribution >= 0.6 is 0 Å². The van der Waals surface area contributed by atoms with Gasteiger partial charge in [-0.2, -0.15) is 0 Å². The predicted molar refractivity (Wildman–Crippen MR) is 366 cm³/mol. The molecular weight excluding hydrogens is 1040 g/mol. The van der Waals surface area contributed by atoms with E-state index >= 15 is 0 Å². The molecule has 0 spiro atoms. The summed E-state index contributed by atoms with van der Waals surface area (Å²) in [5, 5.41) is 9.92. The highest BCUT2D eigenvalue weighted by Gasteiger charge is 2.21. The first kappa shape index (κ1) is 50.4. The lowest BCUT2D eigenvalue weighted by Crippen LogP contribution is -2.10. The van der Waals surface area contributed by atoms with Gasteiger partial charge in [0.25, 0.3) is 0 Å². The maximum atomic E-state index is 2.44. The van der Waals surface area contributed by atoms with Crippen molar-refractivity contribution in [3.8, 4) is 83.6 Å². The molecule has 0 radical (unpaired) electrons. The van der Waals surface area contributed by atoms with E-state index < -0.39 is 0 Å². The van der Waals surface area contributed by atoms with Crippen molar-refractivity contribution in [3.05, 3.63) is 340 Å². The van der Waals surface area contributed by atoms with Gasteiger partial charge in [-0.15, -0.1) is 0 Å². The molecule has 0 saturated heterocycles. The lowest BCUT2D eigenvalue weighted by atomic mass is 9.85. The average molecular weight is 1090 g/mol. The van der Waals surface area contributed by atoms with Crippen molar-refractivity contribution in [1.82, 2.24) is 4.57 Å². The van der Waals surface area contributed by atoms with Gasteiger partial charge in [0.2, 0.25) is 0 Å². The maximum Gasteiger partial charge on any atom is 0.0541 e. The van der Waals surface area contributed by atoms with E-state index in [0.29, 0.717) is 0 Å². The normalized spacial score (nSPS) is 11.5. The Hall–Kier alpha value is -11.3. The van der Waals surface area contributed by atoms with E-state index in [1.165, 1.54) is 115 Å². The summed E-state index contributed by atoms with van der Waals surface area (Å²) in [4.78, 5) is 2.35. The zero-order valence-electron chi connectivity index (χ0n) is 47.2. The van der Waals surface area contributed by atoms with Gasteiger partial charge in [-0.05, 0) is 189 Å². The maximum absolute atomic E-state index is 2.44. The third-order valence-electron chi connectivity index (χ3n) is 17.4. The van der Waals surface area contributed by atoms with Gasteiger partial charge >= 0.3 is 0 Å². The van der Waals surface area contributed by atoms with Gasteiger partial charge < -0.3 is 9.47 Å². The minimum Gasteiger partial charge on any atom is -0.311 e. The average Bonchev–Trinajstić information content (AvgIpc) is 1.51. The van der Waals surface area contributed by atoms with Crippen LogP contribution in [-0.4, -0.2) is 4.57 Å². The molecule has 0 aliphatic carbocycles. The topological polar surface area (TPSA) is 8.17 Å². The summed E-state index contributed by atoms with van der Waals surface area (Å²) in [6.45, 7) is 0. The van der Waals surface area contributed by atoms with Crippen LogP contribution in [0.15, 0.2) is 340 Å². The quantitative estimate of drug-likeness (QED) is 0.117. The van der Waals surface area contributed by atoms with Crippen molar-refractivity contribution >= 4 is 71.2 Å². The Morgan fingerprint density at radius 2 is 0.547 bits per heavy atom. The summed E-state index contributed by atoms with van der Waals surface area (Å²) in [6, 6.07) is 124. The Kier molecular flexibility index (Phi) is 12.6. The fourth-order valence-electron chi connectivity index (χ4n) is 13.3. The first-order valence-electron chi connectivity index (χ1n) is 29.6. The fraction of sp³-hybridized carbons (Fsp3) is 0. The van der Waals surface area contributed by atoms with Crippen molar-refractivity contribution in [1.29, 1.82) is 0 Å². The number of benzene rings is 15. The summed E-state index contributed by atoms with van der Waals surface area (Å²) < 4.78 is 2.44. The van der Waals surface area contributed by atoms with Crippen molar-refractivity contribution in [3.63, 3.8) is 0 Å². The monoisotopic (exact) mass is 1090 g/mol. The summed E-state index contributed by atoms with van der Waals surface area (Å²) in [5.41, 5.74) is 23.6. The number of hydrogen-bond acceptors (Lipinski definition) is 1. The molecule has 0 N–H and O–H groups in total. The molecule has 0 bridgehead atoms. The number of para-hydroxylation sites is 1. The molecule has 0 fully saturated rings. The largest absolute Gasteiger partial charge is 0.311 e. The zero-order valence-corrected chi connectivity index (χ0v) is 47.2. The summed E-state index contributed by atoms with van der Waals surface area (Å²) in [6.07, 6.45) is 0. The predicted octanol–water partition coefficient (Wildman–Crippen LogP) is 23.4. The number of fused-ring (bicyclic) bond motifs is 6. The van der Waals surface area contributed by atoms with Crippen LogP contribution in [0.4, 0.5) is 17.1 Å². The van der Waals surface area contributed by atoms with Crippen LogP contribution < -0.4 is 4.90 Å². The van der Waals surface area contributed by atoms with E-state index in [1.54, 1.807) is 0 Å². The van der Waals surface area contributed by atoms with Crippen LogP contribution in [0.3, 0.4) is 0 Å².